The summed E-state index contributed by atoms with van der Waals surface area (Å²) in [6.07, 6.45) is 7.06. The maximum absolute atomic E-state index is 17.0. The molecule has 45 heavy (non-hydrogen) atoms. The Morgan fingerprint density at radius 3 is 2.96 bits per heavy atom. The van der Waals surface area contributed by atoms with E-state index in [1.54, 1.807) is 12.4 Å². The van der Waals surface area contributed by atoms with Crippen LogP contribution >= 0.6 is 11.6 Å². The van der Waals surface area contributed by atoms with Crippen LogP contribution in [0.2, 0.25) is 5.02 Å². The van der Waals surface area contributed by atoms with Gasteiger partial charge in [0.05, 0.1) is 35.3 Å². The first-order valence-corrected chi connectivity index (χ1v) is 16.3. The van der Waals surface area contributed by atoms with Crippen molar-refractivity contribution in [1.29, 1.82) is 0 Å². The molecule has 238 valence electrons. The Kier molecular flexibility index (Phi) is 7.51. The molecule has 3 aromatic heterocycles. The summed E-state index contributed by atoms with van der Waals surface area (Å²) in [7, 11) is 2.10. The third-order valence-electron chi connectivity index (χ3n) is 10.3. The molecule has 0 aliphatic carbocycles. The van der Waals surface area contributed by atoms with E-state index in [2.05, 4.69) is 36.9 Å². The van der Waals surface area contributed by atoms with Crippen molar-refractivity contribution in [2.75, 3.05) is 64.5 Å². The van der Waals surface area contributed by atoms with E-state index in [9.17, 15) is 4.39 Å². The van der Waals surface area contributed by atoms with Crippen molar-refractivity contribution in [2.45, 2.75) is 56.3 Å². The molecular weight excluding hydrogens is 602 g/mol. The zero-order valence-electron chi connectivity index (χ0n) is 25.4. The summed E-state index contributed by atoms with van der Waals surface area (Å²) >= 11 is 6.83. The van der Waals surface area contributed by atoms with Crippen molar-refractivity contribution in [3.63, 3.8) is 0 Å². The third kappa shape index (κ3) is 5.10. The number of fused-ring (bicyclic) bond motifs is 8. The minimum atomic E-state index is -0.879. The van der Waals surface area contributed by atoms with Gasteiger partial charge in [-0.15, -0.1) is 0 Å². The number of rotatable bonds is 3. The number of halogens is 3. The fraction of sp³-hybridized carbons (Fsp3) is 0.562. The van der Waals surface area contributed by atoms with Crippen LogP contribution in [-0.4, -0.2) is 112 Å². The second kappa shape index (κ2) is 11.6. The number of hydrogen-bond donors (Lipinski definition) is 1. The number of aromatic nitrogens is 5. The van der Waals surface area contributed by atoms with Crippen LogP contribution in [0.25, 0.3) is 33.1 Å². The number of nitrogens with zero attached hydrogens (tertiary/aromatic N) is 7. The highest BCUT2D eigenvalue weighted by Gasteiger charge is 2.49. The summed E-state index contributed by atoms with van der Waals surface area (Å²) in [5.74, 6) is 0.0203. The van der Waals surface area contributed by atoms with Crippen LogP contribution in [0.1, 0.15) is 37.7 Å². The molecule has 8 heterocycles. The highest BCUT2D eigenvalue weighted by Crippen LogP contribution is 2.42. The first kappa shape index (κ1) is 29.2. The van der Waals surface area contributed by atoms with Gasteiger partial charge >= 0.3 is 6.01 Å². The number of likely N-dealkylation sites (N-methyl/N-ethyl adjacent to an activating group) is 1. The molecule has 3 saturated heterocycles. The number of nitrogens with one attached hydrogen (secondary N) is 1. The second-order valence-electron chi connectivity index (χ2n) is 13.0. The van der Waals surface area contributed by atoms with Gasteiger partial charge in [-0.25, -0.2) is 8.78 Å². The lowest BCUT2D eigenvalue weighted by Crippen LogP contribution is -2.53. The Bertz CT molecular complexity index is 1760. The highest BCUT2D eigenvalue weighted by molar-refractivity contribution is 6.33. The Hall–Kier alpha value is -3.19. The molecule has 10 nitrogen and oxygen atoms in total. The molecule has 3 fully saturated rings. The van der Waals surface area contributed by atoms with E-state index < -0.39 is 12.0 Å². The lowest BCUT2D eigenvalue weighted by atomic mass is 9.95. The zero-order valence-corrected chi connectivity index (χ0v) is 26.1. The minimum Gasteiger partial charge on any atom is -0.461 e. The van der Waals surface area contributed by atoms with E-state index in [-0.39, 0.29) is 35.4 Å². The Labute approximate surface area is 265 Å². The topological polar surface area (TPSA) is 95.5 Å². The van der Waals surface area contributed by atoms with E-state index in [0.29, 0.717) is 73.0 Å². The van der Waals surface area contributed by atoms with Crippen molar-refractivity contribution in [1.82, 2.24) is 34.9 Å². The summed E-state index contributed by atoms with van der Waals surface area (Å²) < 4.78 is 44.0. The molecule has 3 atom stereocenters. The number of aromatic amines is 1. The van der Waals surface area contributed by atoms with Gasteiger partial charge in [-0.3, -0.25) is 19.9 Å². The SMILES string of the molecule is CN1CCN2C[C@@H]1COCCCCc1c(Cl)cc3[nH]ncc3c1-c1ncc3c2nc(OCC24CCCN2C[C@H](F)C4)nc3c1F. The van der Waals surface area contributed by atoms with Crippen LogP contribution in [0.3, 0.4) is 0 Å². The number of ether oxygens (including phenoxy) is 2. The number of alkyl halides is 1. The molecule has 0 spiro atoms. The van der Waals surface area contributed by atoms with E-state index in [1.807, 2.05) is 6.07 Å². The van der Waals surface area contributed by atoms with Crippen molar-refractivity contribution in [3.8, 4) is 17.3 Å². The molecule has 4 aromatic rings. The second-order valence-corrected chi connectivity index (χ2v) is 13.4. The molecule has 0 saturated carbocycles. The molecule has 6 bridgehead atoms. The largest absolute Gasteiger partial charge is 0.461 e. The predicted molar refractivity (Wildman–Crippen MR) is 168 cm³/mol. The third-order valence-corrected chi connectivity index (χ3v) is 10.6. The molecule has 1 unspecified atom stereocenters. The Morgan fingerprint density at radius 1 is 1.13 bits per heavy atom. The number of piperazine rings is 1. The number of hydrogen-bond acceptors (Lipinski definition) is 9. The van der Waals surface area contributed by atoms with Crippen LogP contribution in [0.4, 0.5) is 14.6 Å². The predicted octanol–water partition coefficient (Wildman–Crippen LogP) is 4.79. The maximum Gasteiger partial charge on any atom is 0.319 e. The maximum atomic E-state index is 17.0. The van der Waals surface area contributed by atoms with Gasteiger partial charge in [-0.2, -0.15) is 15.1 Å². The fourth-order valence-electron chi connectivity index (χ4n) is 7.81. The summed E-state index contributed by atoms with van der Waals surface area (Å²) in [5.41, 5.74) is 2.05. The molecule has 1 N–H and O–H groups in total. The lowest BCUT2D eigenvalue weighted by molar-refractivity contribution is 0.0631. The van der Waals surface area contributed by atoms with Crippen LogP contribution < -0.4 is 9.64 Å². The summed E-state index contributed by atoms with van der Waals surface area (Å²) in [6, 6.07) is 2.06. The van der Waals surface area contributed by atoms with E-state index >= 15 is 4.39 Å². The van der Waals surface area contributed by atoms with Crippen molar-refractivity contribution < 1.29 is 18.3 Å². The molecule has 0 amide bonds. The van der Waals surface area contributed by atoms with Crippen LogP contribution in [0.15, 0.2) is 18.5 Å². The van der Waals surface area contributed by atoms with Crippen LogP contribution in [-0.2, 0) is 11.2 Å². The highest BCUT2D eigenvalue weighted by atomic mass is 35.5. The normalized spacial score (nSPS) is 26.3. The number of anilines is 1. The summed E-state index contributed by atoms with van der Waals surface area (Å²) in [5, 5.41) is 8.98. The van der Waals surface area contributed by atoms with Crippen LogP contribution in [0.5, 0.6) is 6.01 Å². The molecule has 0 radical (unpaired) electrons. The average molecular weight is 639 g/mol. The van der Waals surface area contributed by atoms with Gasteiger partial charge in [0.2, 0.25) is 0 Å². The molecular formula is C32H37ClF2N8O2. The lowest BCUT2D eigenvalue weighted by Gasteiger charge is -2.40. The fourth-order valence-corrected chi connectivity index (χ4v) is 8.11. The van der Waals surface area contributed by atoms with Gasteiger partial charge in [-0.1, -0.05) is 11.6 Å². The van der Waals surface area contributed by atoms with Gasteiger partial charge in [-0.05, 0) is 57.3 Å². The zero-order chi connectivity index (χ0) is 30.7. The summed E-state index contributed by atoms with van der Waals surface area (Å²) in [4.78, 5) is 20.9. The Morgan fingerprint density at radius 2 is 2.04 bits per heavy atom. The molecule has 5 aliphatic rings. The first-order valence-electron chi connectivity index (χ1n) is 16.0. The van der Waals surface area contributed by atoms with Gasteiger partial charge in [0.25, 0.3) is 0 Å². The van der Waals surface area contributed by atoms with Crippen LogP contribution in [0, 0.1) is 5.82 Å². The number of H-pyrrole nitrogens is 1. The first-order chi connectivity index (χ1) is 21.9. The smallest absolute Gasteiger partial charge is 0.319 e. The van der Waals surface area contributed by atoms with Gasteiger partial charge in [0.15, 0.2) is 5.82 Å². The number of pyridine rings is 1. The molecule has 9 rings (SSSR count). The molecule has 1 aromatic carbocycles. The monoisotopic (exact) mass is 638 g/mol. The van der Waals surface area contributed by atoms with E-state index in [1.165, 1.54) is 0 Å². The van der Waals surface area contributed by atoms with Crippen molar-refractivity contribution in [3.05, 3.63) is 34.9 Å². The molecule has 5 aliphatic heterocycles. The summed E-state index contributed by atoms with van der Waals surface area (Å²) in [6.45, 7) is 4.87. The molecule has 13 heteroatoms. The van der Waals surface area contributed by atoms with Gasteiger partial charge in [0.1, 0.15) is 29.8 Å². The average Bonchev–Trinajstić information content (AvgIpc) is 3.72. The van der Waals surface area contributed by atoms with Crippen molar-refractivity contribution in [2.24, 2.45) is 0 Å². The van der Waals surface area contributed by atoms with Gasteiger partial charge in [0, 0.05) is 61.4 Å². The quantitative estimate of drug-likeness (QED) is 0.340. The standard InChI is InChI=1S/C32H37ClF2N8O2/c1-41-8-9-42-16-20(41)17-44-10-3-2-5-21-24(33)11-25-22(14-37-40-25)26(21)29-27(35)28-23(13-36-29)30(42)39-31(38-28)45-18-32-6-4-7-43(32)15-19(34)12-32/h11,13-14,19-20H,2-10,12,15-18H2,1H3,(H,37,40)/t19-,20-,32?/m1/s1. The van der Waals surface area contributed by atoms with Gasteiger partial charge < -0.3 is 14.4 Å². The van der Waals surface area contributed by atoms with E-state index in [4.69, 9.17) is 31.0 Å². The van der Waals surface area contributed by atoms with E-state index in [0.717, 1.165) is 49.7 Å². The minimum absolute atomic E-state index is 0.0877. The Balaban J connectivity index is 1.29. The van der Waals surface area contributed by atoms with Crippen molar-refractivity contribution >= 4 is 39.2 Å². The number of benzene rings is 1.